The molecule has 0 saturated heterocycles. The fourth-order valence-electron chi connectivity index (χ4n) is 4.75. The standard InChI is InChI=1S/C27H19ClFNO4/c1-32-23-9-8-21(28)20(24(23)29)13-30-27(31)15-5-7-17-19(12-15)26-18-11-14(22-3-2-10-33-22)4-6-16(18)25(17)34-26/h2-12,25-26H,13H2,1H3,(H,30,31). The number of carbonyl (C=O) groups excluding carboxylic acids is 1. The van der Waals surface area contributed by atoms with Crippen LogP contribution in [0.2, 0.25) is 5.02 Å². The van der Waals surface area contributed by atoms with Crippen LogP contribution in [0.15, 0.2) is 71.3 Å². The van der Waals surface area contributed by atoms with Gasteiger partial charge in [-0.25, -0.2) is 4.39 Å². The van der Waals surface area contributed by atoms with Crippen molar-refractivity contribution in [3.63, 3.8) is 0 Å². The minimum Gasteiger partial charge on any atom is -0.494 e. The second-order valence-corrected chi connectivity index (χ2v) is 8.69. The van der Waals surface area contributed by atoms with Gasteiger partial charge in [-0.1, -0.05) is 29.8 Å². The summed E-state index contributed by atoms with van der Waals surface area (Å²) in [5, 5.41) is 2.98. The van der Waals surface area contributed by atoms with Crippen molar-refractivity contribution in [3.05, 3.63) is 111 Å². The molecule has 0 aliphatic carbocycles. The Kier molecular flexibility index (Phi) is 4.94. The molecule has 0 radical (unpaired) electrons. The van der Waals surface area contributed by atoms with Gasteiger partial charge in [-0.2, -0.15) is 0 Å². The van der Waals surface area contributed by atoms with Crippen molar-refractivity contribution in [3.8, 4) is 17.1 Å². The van der Waals surface area contributed by atoms with Crippen molar-refractivity contribution < 1.29 is 23.1 Å². The molecule has 2 aliphatic heterocycles. The molecular weight excluding hydrogens is 457 g/mol. The molecule has 2 atom stereocenters. The highest BCUT2D eigenvalue weighted by Gasteiger charge is 2.43. The van der Waals surface area contributed by atoms with E-state index in [1.54, 1.807) is 18.4 Å². The van der Waals surface area contributed by atoms with E-state index in [4.69, 9.17) is 25.5 Å². The van der Waals surface area contributed by atoms with Gasteiger partial charge in [0.1, 0.15) is 18.0 Å². The molecule has 170 valence electrons. The quantitative estimate of drug-likeness (QED) is 0.373. The lowest BCUT2D eigenvalue weighted by molar-refractivity contribution is 0.0857. The van der Waals surface area contributed by atoms with E-state index < -0.39 is 5.82 Å². The van der Waals surface area contributed by atoms with Gasteiger partial charge in [0.25, 0.3) is 5.91 Å². The first-order chi connectivity index (χ1) is 16.5. The molecule has 1 amide bonds. The Morgan fingerprint density at radius 3 is 2.56 bits per heavy atom. The number of carbonyl (C=O) groups is 1. The lowest BCUT2D eigenvalue weighted by atomic mass is 9.84. The maximum absolute atomic E-state index is 14.6. The maximum Gasteiger partial charge on any atom is 0.251 e. The number of methoxy groups -OCH3 is 1. The summed E-state index contributed by atoms with van der Waals surface area (Å²) < 4.78 is 31.4. The van der Waals surface area contributed by atoms with E-state index in [1.165, 1.54) is 13.2 Å². The molecule has 6 rings (SSSR count). The molecule has 4 aromatic rings. The SMILES string of the molecule is COc1ccc(Cl)c(CNC(=O)c2ccc3c(c2)C2OC3c3ccc(-c4ccco4)cc32)c1F. The highest BCUT2D eigenvalue weighted by Crippen LogP contribution is 2.54. The van der Waals surface area contributed by atoms with E-state index in [0.717, 1.165) is 33.6 Å². The minimum atomic E-state index is -0.584. The van der Waals surface area contributed by atoms with Gasteiger partial charge in [-0.05, 0) is 64.7 Å². The second-order valence-electron chi connectivity index (χ2n) is 8.29. The van der Waals surface area contributed by atoms with Crippen molar-refractivity contribution in [2.45, 2.75) is 18.8 Å². The van der Waals surface area contributed by atoms with Crippen molar-refractivity contribution in [2.24, 2.45) is 0 Å². The summed E-state index contributed by atoms with van der Waals surface area (Å²) in [6.07, 6.45) is 1.25. The summed E-state index contributed by atoms with van der Waals surface area (Å²) in [6, 6.07) is 18.5. The van der Waals surface area contributed by atoms with E-state index in [1.807, 2.05) is 30.3 Å². The van der Waals surface area contributed by atoms with Gasteiger partial charge in [-0.15, -0.1) is 0 Å². The van der Waals surface area contributed by atoms with Crippen LogP contribution in [-0.4, -0.2) is 13.0 Å². The Labute approximate surface area is 200 Å². The molecule has 0 saturated carbocycles. The molecule has 2 aliphatic rings. The fraction of sp³-hybridized carbons (Fsp3) is 0.148. The van der Waals surface area contributed by atoms with Crippen molar-refractivity contribution in [1.29, 1.82) is 0 Å². The average molecular weight is 476 g/mol. The molecule has 5 nitrogen and oxygen atoms in total. The molecule has 7 heteroatoms. The minimum absolute atomic E-state index is 0.0598. The first-order valence-electron chi connectivity index (χ1n) is 10.8. The van der Waals surface area contributed by atoms with Crippen LogP contribution in [0.4, 0.5) is 4.39 Å². The Morgan fingerprint density at radius 2 is 1.79 bits per heavy atom. The van der Waals surface area contributed by atoms with Crippen molar-refractivity contribution in [1.82, 2.24) is 5.32 Å². The first-order valence-corrected chi connectivity index (χ1v) is 11.2. The topological polar surface area (TPSA) is 60.7 Å². The zero-order chi connectivity index (χ0) is 23.4. The van der Waals surface area contributed by atoms with Crippen LogP contribution in [-0.2, 0) is 11.3 Å². The van der Waals surface area contributed by atoms with Crippen molar-refractivity contribution in [2.75, 3.05) is 7.11 Å². The van der Waals surface area contributed by atoms with Gasteiger partial charge in [0, 0.05) is 28.3 Å². The van der Waals surface area contributed by atoms with Crippen LogP contribution in [0.25, 0.3) is 11.3 Å². The van der Waals surface area contributed by atoms with E-state index >= 15 is 0 Å². The third-order valence-electron chi connectivity index (χ3n) is 6.44. The normalized spacial score (nSPS) is 17.4. The molecule has 0 spiro atoms. The van der Waals surface area contributed by atoms with Crippen LogP contribution >= 0.6 is 11.6 Å². The molecule has 0 fully saturated rings. The van der Waals surface area contributed by atoms with Crippen LogP contribution in [0, 0.1) is 5.82 Å². The lowest BCUT2D eigenvalue weighted by Crippen LogP contribution is -2.24. The Balaban J connectivity index is 1.26. The number of fused-ring (bicyclic) bond motifs is 8. The van der Waals surface area contributed by atoms with Crippen LogP contribution in [0.5, 0.6) is 5.75 Å². The van der Waals surface area contributed by atoms with Gasteiger partial charge in [0.2, 0.25) is 0 Å². The fourth-order valence-corrected chi connectivity index (χ4v) is 4.96. The van der Waals surface area contributed by atoms with E-state index in [9.17, 15) is 9.18 Å². The molecule has 34 heavy (non-hydrogen) atoms. The van der Waals surface area contributed by atoms with Crippen LogP contribution in [0.1, 0.15) is 50.4 Å². The number of ether oxygens (including phenoxy) is 2. The summed E-state index contributed by atoms with van der Waals surface area (Å²) in [5.74, 6) is -0.0401. The maximum atomic E-state index is 14.6. The number of furan rings is 1. The monoisotopic (exact) mass is 475 g/mol. The van der Waals surface area contributed by atoms with Gasteiger partial charge in [0.15, 0.2) is 11.6 Å². The highest BCUT2D eigenvalue weighted by atomic mass is 35.5. The van der Waals surface area contributed by atoms with E-state index in [0.29, 0.717) is 5.56 Å². The smallest absolute Gasteiger partial charge is 0.251 e. The average Bonchev–Trinajstić information content (AvgIpc) is 3.59. The molecule has 2 bridgehead atoms. The second kappa shape index (κ2) is 8.01. The lowest BCUT2D eigenvalue weighted by Gasteiger charge is -2.17. The molecule has 3 heterocycles. The predicted molar refractivity (Wildman–Crippen MR) is 124 cm³/mol. The number of hydrogen-bond donors (Lipinski definition) is 1. The highest BCUT2D eigenvalue weighted by molar-refractivity contribution is 6.31. The van der Waals surface area contributed by atoms with E-state index in [-0.39, 0.29) is 41.0 Å². The summed E-state index contributed by atoms with van der Waals surface area (Å²) in [6.45, 7) is -0.0598. The Bertz CT molecular complexity index is 1430. The Hall–Kier alpha value is -3.61. The third-order valence-corrected chi connectivity index (χ3v) is 6.79. The first kappa shape index (κ1) is 21.0. The predicted octanol–water partition coefficient (Wildman–Crippen LogP) is 6.20. The van der Waals surface area contributed by atoms with Crippen LogP contribution < -0.4 is 10.1 Å². The van der Waals surface area contributed by atoms with Crippen molar-refractivity contribution >= 4 is 17.5 Å². The molecule has 1 aromatic heterocycles. The van der Waals surface area contributed by atoms with E-state index in [2.05, 4.69) is 17.4 Å². The zero-order valence-corrected chi connectivity index (χ0v) is 18.9. The van der Waals surface area contributed by atoms with Gasteiger partial charge in [-0.3, -0.25) is 4.79 Å². The van der Waals surface area contributed by atoms with Gasteiger partial charge >= 0.3 is 0 Å². The summed E-state index contributed by atoms with van der Waals surface area (Å²) in [7, 11) is 1.38. The number of nitrogens with one attached hydrogen (secondary N) is 1. The number of hydrogen-bond acceptors (Lipinski definition) is 4. The summed E-state index contributed by atoms with van der Waals surface area (Å²) in [5.41, 5.74) is 5.86. The Morgan fingerprint density at radius 1 is 1.03 bits per heavy atom. The van der Waals surface area contributed by atoms with Gasteiger partial charge < -0.3 is 19.2 Å². The largest absolute Gasteiger partial charge is 0.494 e. The molecular formula is C27H19ClFNO4. The third kappa shape index (κ3) is 3.22. The molecule has 3 aromatic carbocycles. The number of halogens is 2. The molecule has 2 unspecified atom stereocenters. The summed E-state index contributed by atoms with van der Waals surface area (Å²) in [4.78, 5) is 12.9. The van der Waals surface area contributed by atoms with Gasteiger partial charge in [0.05, 0.1) is 13.4 Å². The number of rotatable bonds is 5. The zero-order valence-electron chi connectivity index (χ0n) is 18.1. The van der Waals surface area contributed by atoms with Crippen LogP contribution in [0.3, 0.4) is 0 Å². The summed E-state index contributed by atoms with van der Waals surface area (Å²) >= 11 is 6.13. The molecule has 1 N–H and O–H groups in total. The number of amides is 1. The number of benzene rings is 3.